The maximum absolute atomic E-state index is 12.0. The van der Waals surface area contributed by atoms with Gasteiger partial charge in [0, 0.05) is 19.5 Å². The van der Waals surface area contributed by atoms with E-state index in [-0.39, 0.29) is 11.7 Å². The number of amides is 1. The van der Waals surface area contributed by atoms with E-state index in [1.807, 2.05) is 29.3 Å². The molecule has 2 rings (SSSR count). The van der Waals surface area contributed by atoms with Crippen LogP contribution < -0.4 is 5.73 Å². The predicted octanol–water partition coefficient (Wildman–Crippen LogP) is 5.55. The van der Waals surface area contributed by atoms with Crippen molar-refractivity contribution >= 4 is 28.9 Å². The van der Waals surface area contributed by atoms with E-state index >= 15 is 0 Å². The standard InChI is InChI=1S/C12H24N2O.C12H17NOS/c1-6-7-11(13)14-12(5,10(4)15)8-9(2)3;1-2-10-5-7-13(8-6-10)12(14)11-4-3-9-15-11/h9H,6-8H2,1-5H3,(H2,13,14);3-4,9-10H,2,5-8H2,1H3. The second-order valence-corrected chi connectivity index (χ2v) is 9.85. The van der Waals surface area contributed by atoms with Crippen LogP contribution in [0.5, 0.6) is 0 Å². The molecule has 6 heteroatoms. The van der Waals surface area contributed by atoms with Crippen LogP contribution >= 0.6 is 11.3 Å². The summed E-state index contributed by atoms with van der Waals surface area (Å²) in [4.78, 5) is 30.8. The molecule has 1 atom stereocenters. The summed E-state index contributed by atoms with van der Waals surface area (Å²) in [5, 5.41) is 1.96. The average molecular weight is 436 g/mol. The minimum atomic E-state index is -0.632. The SMILES string of the molecule is CCC1CCN(C(=O)c2cccs2)CC1.CCCC(N)=NC(C)(CC(C)C)C(C)=O. The molecule has 0 aromatic carbocycles. The highest BCUT2D eigenvalue weighted by molar-refractivity contribution is 7.12. The predicted molar refractivity (Wildman–Crippen MR) is 128 cm³/mol. The first kappa shape index (κ1) is 26.3. The van der Waals surface area contributed by atoms with Crippen LogP contribution in [0.15, 0.2) is 22.5 Å². The monoisotopic (exact) mass is 435 g/mol. The van der Waals surface area contributed by atoms with Crippen LogP contribution in [0.25, 0.3) is 0 Å². The Morgan fingerprint density at radius 2 is 1.93 bits per heavy atom. The minimum Gasteiger partial charge on any atom is -0.387 e. The molecule has 0 radical (unpaired) electrons. The quantitative estimate of drug-likeness (QED) is 0.430. The zero-order valence-corrected chi connectivity index (χ0v) is 20.6. The van der Waals surface area contributed by atoms with Crippen molar-refractivity contribution in [3.63, 3.8) is 0 Å². The van der Waals surface area contributed by atoms with Gasteiger partial charge in [0.1, 0.15) is 5.54 Å². The molecule has 2 heterocycles. The van der Waals surface area contributed by atoms with E-state index in [0.717, 1.165) is 43.1 Å². The zero-order valence-electron chi connectivity index (χ0n) is 19.7. The van der Waals surface area contributed by atoms with Crippen molar-refractivity contribution in [1.82, 2.24) is 4.90 Å². The number of carbonyl (C=O) groups is 2. The van der Waals surface area contributed by atoms with E-state index in [4.69, 9.17) is 5.73 Å². The van der Waals surface area contributed by atoms with Gasteiger partial charge in [-0.1, -0.05) is 40.2 Å². The van der Waals surface area contributed by atoms with Crippen LogP contribution in [0.3, 0.4) is 0 Å². The number of hydrogen-bond donors (Lipinski definition) is 1. The van der Waals surface area contributed by atoms with Crippen LogP contribution in [0.4, 0.5) is 0 Å². The van der Waals surface area contributed by atoms with Crippen molar-refractivity contribution in [2.75, 3.05) is 13.1 Å². The number of likely N-dealkylation sites (tertiary alicyclic amines) is 1. The Hall–Kier alpha value is -1.69. The molecule has 5 nitrogen and oxygen atoms in total. The topological polar surface area (TPSA) is 75.8 Å². The number of carbonyl (C=O) groups excluding carboxylic acids is 2. The fraction of sp³-hybridized carbons (Fsp3) is 0.708. The van der Waals surface area contributed by atoms with E-state index in [1.165, 1.54) is 19.3 Å². The van der Waals surface area contributed by atoms with Gasteiger partial charge in [0.25, 0.3) is 5.91 Å². The molecule has 1 aromatic heterocycles. The van der Waals surface area contributed by atoms with Gasteiger partial charge in [0.2, 0.25) is 0 Å². The first-order chi connectivity index (χ1) is 14.1. The molecule has 170 valence electrons. The molecule has 1 unspecified atom stereocenters. The lowest BCUT2D eigenvalue weighted by atomic mass is 9.88. The molecule has 2 N–H and O–H groups in total. The largest absolute Gasteiger partial charge is 0.387 e. The van der Waals surface area contributed by atoms with Gasteiger partial charge in [-0.05, 0) is 62.8 Å². The Morgan fingerprint density at radius 3 is 2.37 bits per heavy atom. The first-order valence-corrected chi connectivity index (χ1v) is 12.2. The lowest BCUT2D eigenvalue weighted by Crippen LogP contribution is -2.37. The number of piperidine rings is 1. The Bertz CT molecular complexity index is 677. The van der Waals surface area contributed by atoms with E-state index in [1.54, 1.807) is 18.3 Å². The maximum atomic E-state index is 12.0. The molecule has 0 aliphatic carbocycles. The van der Waals surface area contributed by atoms with E-state index in [0.29, 0.717) is 11.8 Å². The average Bonchev–Trinajstić information content (AvgIpc) is 3.22. The van der Waals surface area contributed by atoms with Crippen LogP contribution in [0, 0.1) is 11.8 Å². The van der Waals surface area contributed by atoms with Crippen molar-refractivity contribution in [2.24, 2.45) is 22.6 Å². The first-order valence-electron chi connectivity index (χ1n) is 11.3. The van der Waals surface area contributed by atoms with Gasteiger partial charge in [-0.3, -0.25) is 14.6 Å². The molecular formula is C24H41N3O2S. The molecule has 1 aliphatic rings. The fourth-order valence-corrected chi connectivity index (χ4v) is 4.48. The number of thiophene rings is 1. The normalized spacial score (nSPS) is 17.3. The summed E-state index contributed by atoms with van der Waals surface area (Å²) in [6.07, 6.45) is 6.08. The molecule has 0 bridgehead atoms. The summed E-state index contributed by atoms with van der Waals surface area (Å²) in [6.45, 7) is 13.8. The fourth-order valence-electron chi connectivity index (χ4n) is 3.79. The summed E-state index contributed by atoms with van der Waals surface area (Å²) < 4.78 is 0. The maximum Gasteiger partial charge on any atom is 0.263 e. The van der Waals surface area contributed by atoms with E-state index < -0.39 is 5.54 Å². The van der Waals surface area contributed by atoms with Crippen LogP contribution in [0.1, 0.15) is 89.7 Å². The highest BCUT2D eigenvalue weighted by atomic mass is 32.1. The Kier molecular flexibility index (Phi) is 11.3. The molecule has 1 aliphatic heterocycles. The number of Topliss-reactive ketones (excluding diaryl/α,β-unsaturated/α-hetero) is 1. The lowest BCUT2D eigenvalue weighted by molar-refractivity contribution is -0.121. The number of aliphatic imine (C=N–C) groups is 1. The highest BCUT2D eigenvalue weighted by Gasteiger charge is 2.30. The number of ketones is 1. The molecule has 1 amide bonds. The van der Waals surface area contributed by atoms with Gasteiger partial charge in [-0.25, -0.2) is 0 Å². The van der Waals surface area contributed by atoms with Crippen molar-refractivity contribution in [3.05, 3.63) is 22.4 Å². The Labute approximate surface area is 187 Å². The van der Waals surface area contributed by atoms with Crippen LogP contribution in [-0.4, -0.2) is 41.1 Å². The molecular weight excluding hydrogens is 394 g/mol. The van der Waals surface area contributed by atoms with Crippen LogP contribution in [-0.2, 0) is 4.79 Å². The number of nitrogens with zero attached hydrogens (tertiary/aromatic N) is 2. The summed E-state index contributed by atoms with van der Waals surface area (Å²) >= 11 is 1.54. The Balaban J connectivity index is 0.000000300. The van der Waals surface area contributed by atoms with Gasteiger partial charge in [-0.15, -0.1) is 11.3 Å². The van der Waals surface area contributed by atoms with Gasteiger partial charge in [-0.2, -0.15) is 0 Å². The van der Waals surface area contributed by atoms with Crippen LogP contribution in [0.2, 0.25) is 0 Å². The number of rotatable bonds is 8. The smallest absolute Gasteiger partial charge is 0.263 e. The van der Waals surface area contributed by atoms with Gasteiger partial charge < -0.3 is 10.6 Å². The zero-order chi connectivity index (χ0) is 22.7. The molecule has 0 spiro atoms. The molecule has 0 saturated carbocycles. The van der Waals surface area contributed by atoms with Gasteiger partial charge >= 0.3 is 0 Å². The lowest BCUT2D eigenvalue weighted by Gasteiger charge is -2.31. The molecule has 30 heavy (non-hydrogen) atoms. The number of nitrogens with two attached hydrogens (primary N) is 1. The molecule has 1 fully saturated rings. The number of amidine groups is 1. The van der Waals surface area contributed by atoms with Crippen molar-refractivity contribution in [2.45, 2.75) is 85.6 Å². The number of hydrogen-bond acceptors (Lipinski definition) is 4. The van der Waals surface area contributed by atoms with Crippen molar-refractivity contribution in [1.29, 1.82) is 0 Å². The van der Waals surface area contributed by atoms with Gasteiger partial charge in [0.15, 0.2) is 5.78 Å². The van der Waals surface area contributed by atoms with E-state index in [9.17, 15) is 9.59 Å². The van der Waals surface area contributed by atoms with Crippen molar-refractivity contribution < 1.29 is 9.59 Å². The third-order valence-electron chi connectivity index (χ3n) is 5.67. The summed E-state index contributed by atoms with van der Waals surface area (Å²) in [5.41, 5.74) is 5.15. The van der Waals surface area contributed by atoms with E-state index in [2.05, 4.69) is 32.7 Å². The summed E-state index contributed by atoms with van der Waals surface area (Å²) in [7, 11) is 0. The summed E-state index contributed by atoms with van der Waals surface area (Å²) in [5.74, 6) is 2.18. The van der Waals surface area contributed by atoms with Crippen molar-refractivity contribution in [3.8, 4) is 0 Å². The summed E-state index contributed by atoms with van der Waals surface area (Å²) in [6, 6.07) is 3.86. The second kappa shape index (κ2) is 12.9. The molecule has 1 aromatic rings. The molecule has 1 saturated heterocycles. The second-order valence-electron chi connectivity index (χ2n) is 8.90. The third kappa shape index (κ3) is 8.58. The third-order valence-corrected chi connectivity index (χ3v) is 6.53. The minimum absolute atomic E-state index is 0.0928. The Morgan fingerprint density at radius 1 is 1.30 bits per heavy atom. The van der Waals surface area contributed by atoms with Gasteiger partial charge in [0.05, 0.1) is 10.7 Å². The highest BCUT2D eigenvalue weighted by Crippen LogP contribution is 2.23.